The van der Waals surface area contributed by atoms with E-state index in [9.17, 15) is 20.4 Å². The summed E-state index contributed by atoms with van der Waals surface area (Å²) in [4.78, 5) is 0. The molecule has 5 nitrogen and oxygen atoms in total. The molecule has 0 amide bonds. The Kier molecular flexibility index (Phi) is 3.70. The van der Waals surface area contributed by atoms with Gasteiger partial charge in [0.25, 0.3) is 0 Å². The zero-order valence-electron chi connectivity index (χ0n) is 9.98. The van der Waals surface area contributed by atoms with Crippen molar-refractivity contribution in [1.29, 1.82) is 0 Å². The van der Waals surface area contributed by atoms with Crippen molar-refractivity contribution in [3.8, 4) is 0 Å². The molecule has 0 heterocycles. The van der Waals surface area contributed by atoms with Gasteiger partial charge in [-0.05, 0) is 12.0 Å². The summed E-state index contributed by atoms with van der Waals surface area (Å²) in [6, 6.07) is 8.40. The second kappa shape index (κ2) is 4.95. The average Bonchev–Trinajstić information content (AvgIpc) is 2.56. The Balaban J connectivity index is 2.31. The van der Waals surface area contributed by atoms with Crippen LogP contribution in [0.5, 0.6) is 0 Å². The maximum absolute atomic E-state index is 10.1. The largest absolute Gasteiger partial charge is 0.396 e. The van der Waals surface area contributed by atoms with Gasteiger partial charge in [0, 0.05) is 11.5 Å². The fourth-order valence-electron chi connectivity index (χ4n) is 2.73. The number of hydrogen-bond donors (Lipinski definition) is 5. The molecule has 1 aliphatic carbocycles. The predicted octanol–water partition coefficient (Wildman–Crippen LogP) is -1.37. The van der Waals surface area contributed by atoms with E-state index in [0.29, 0.717) is 6.42 Å². The van der Waals surface area contributed by atoms with Crippen LogP contribution < -0.4 is 5.73 Å². The molecule has 1 fully saturated rings. The third-order valence-corrected chi connectivity index (χ3v) is 3.96. The van der Waals surface area contributed by atoms with Crippen molar-refractivity contribution in [1.82, 2.24) is 0 Å². The van der Waals surface area contributed by atoms with Gasteiger partial charge >= 0.3 is 0 Å². The van der Waals surface area contributed by atoms with Crippen LogP contribution in [-0.4, -0.2) is 51.4 Å². The first kappa shape index (κ1) is 13.5. The van der Waals surface area contributed by atoms with E-state index in [0.717, 1.165) is 5.56 Å². The van der Waals surface area contributed by atoms with E-state index in [1.807, 2.05) is 30.3 Å². The third kappa shape index (κ3) is 1.94. The maximum Gasteiger partial charge on any atom is 0.108 e. The van der Waals surface area contributed by atoms with Crippen molar-refractivity contribution in [2.45, 2.75) is 30.8 Å². The molecule has 18 heavy (non-hydrogen) atoms. The van der Waals surface area contributed by atoms with E-state index >= 15 is 0 Å². The molecule has 5 heteroatoms. The van der Waals surface area contributed by atoms with Crippen molar-refractivity contribution >= 4 is 0 Å². The number of aliphatic hydroxyl groups excluding tert-OH is 4. The molecule has 1 saturated carbocycles. The Morgan fingerprint density at radius 1 is 1.06 bits per heavy atom. The van der Waals surface area contributed by atoms with Crippen molar-refractivity contribution in [3.05, 3.63) is 35.9 Å². The van der Waals surface area contributed by atoms with Gasteiger partial charge < -0.3 is 26.2 Å². The van der Waals surface area contributed by atoms with Crippen LogP contribution in [0.1, 0.15) is 5.56 Å². The molecule has 0 spiro atoms. The molecule has 0 aliphatic heterocycles. The minimum Gasteiger partial charge on any atom is -0.396 e. The lowest BCUT2D eigenvalue weighted by molar-refractivity contribution is -0.0584. The van der Waals surface area contributed by atoms with Gasteiger partial charge in [0.15, 0.2) is 0 Å². The first-order valence-electron chi connectivity index (χ1n) is 5.97. The Bertz CT molecular complexity index is 383. The summed E-state index contributed by atoms with van der Waals surface area (Å²) < 4.78 is 0. The summed E-state index contributed by atoms with van der Waals surface area (Å²) in [6.07, 6.45) is -3.49. The molecule has 0 radical (unpaired) electrons. The highest BCUT2D eigenvalue weighted by molar-refractivity contribution is 5.21. The Morgan fingerprint density at radius 3 is 2.11 bits per heavy atom. The molecular formula is C13H19NO4. The van der Waals surface area contributed by atoms with Gasteiger partial charge in [-0.2, -0.15) is 0 Å². The van der Waals surface area contributed by atoms with Crippen LogP contribution in [0.4, 0.5) is 0 Å². The zero-order chi connectivity index (χ0) is 13.3. The molecule has 2 rings (SSSR count). The third-order valence-electron chi connectivity index (χ3n) is 3.96. The molecule has 5 atom stereocenters. The van der Waals surface area contributed by atoms with Crippen LogP contribution in [0.15, 0.2) is 30.3 Å². The van der Waals surface area contributed by atoms with Crippen LogP contribution in [0, 0.1) is 5.41 Å². The standard InChI is InChI=1S/C13H19NO4/c14-11-9(16)10(17)12(18)13(11,7-15)6-8-4-2-1-3-5-8/h1-5,9-12,15-18H,6-7,14H2/t9-,10+,11+,12-,13+/m0/s1. The molecular weight excluding hydrogens is 234 g/mol. The number of rotatable bonds is 3. The van der Waals surface area contributed by atoms with E-state index < -0.39 is 36.4 Å². The minimum atomic E-state index is -1.32. The summed E-state index contributed by atoms with van der Waals surface area (Å²) in [7, 11) is 0. The van der Waals surface area contributed by atoms with Crippen molar-refractivity contribution < 1.29 is 20.4 Å². The topological polar surface area (TPSA) is 107 Å². The Labute approximate surface area is 105 Å². The molecule has 1 aromatic rings. The van der Waals surface area contributed by atoms with Crippen molar-refractivity contribution in [2.75, 3.05) is 6.61 Å². The van der Waals surface area contributed by atoms with Crippen LogP contribution in [0.25, 0.3) is 0 Å². The summed E-state index contributed by atoms with van der Waals surface area (Å²) in [5.74, 6) is 0. The maximum atomic E-state index is 10.1. The zero-order valence-corrected chi connectivity index (χ0v) is 9.98. The normalized spacial score (nSPS) is 40.1. The smallest absolute Gasteiger partial charge is 0.108 e. The summed E-state index contributed by atoms with van der Waals surface area (Å²) in [5.41, 5.74) is 5.65. The van der Waals surface area contributed by atoms with Crippen molar-refractivity contribution in [2.24, 2.45) is 11.1 Å². The van der Waals surface area contributed by atoms with Gasteiger partial charge in [-0.25, -0.2) is 0 Å². The van der Waals surface area contributed by atoms with Crippen molar-refractivity contribution in [3.63, 3.8) is 0 Å². The van der Waals surface area contributed by atoms with E-state index in [1.54, 1.807) is 0 Å². The van der Waals surface area contributed by atoms with Gasteiger partial charge in [-0.15, -0.1) is 0 Å². The quantitative estimate of drug-likeness (QED) is 0.457. The Morgan fingerprint density at radius 2 is 1.67 bits per heavy atom. The fourth-order valence-corrected chi connectivity index (χ4v) is 2.73. The molecule has 0 bridgehead atoms. The second-order valence-electron chi connectivity index (χ2n) is 5.01. The molecule has 6 N–H and O–H groups in total. The molecule has 0 unspecified atom stereocenters. The molecule has 1 aromatic carbocycles. The van der Waals surface area contributed by atoms with E-state index in [-0.39, 0.29) is 0 Å². The van der Waals surface area contributed by atoms with Crippen LogP contribution in [-0.2, 0) is 6.42 Å². The van der Waals surface area contributed by atoms with E-state index in [4.69, 9.17) is 5.73 Å². The summed E-state index contributed by atoms with van der Waals surface area (Å²) in [5, 5.41) is 39.1. The minimum absolute atomic E-state index is 0.306. The van der Waals surface area contributed by atoms with Crippen LogP contribution in [0.2, 0.25) is 0 Å². The number of hydrogen-bond acceptors (Lipinski definition) is 5. The number of aliphatic hydroxyl groups is 4. The van der Waals surface area contributed by atoms with Gasteiger partial charge in [0.1, 0.15) is 6.10 Å². The number of nitrogens with two attached hydrogens (primary N) is 1. The van der Waals surface area contributed by atoms with Gasteiger partial charge in [-0.3, -0.25) is 0 Å². The highest BCUT2D eigenvalue weighted by atomic mass is 16.4. The lowest BCUT2D eigenvalue weighted by Gasteiger charge is -2.34. The molecule has 0 saturated heterocycles. The summed E-state index contributed by atoms with van der Waals surface area (Å²) >= 11 is 0. The Hall–Kier alpha value is -0.980. The highest BCUT2D eigenvalue weighted by Gasteiger charge is 2.57. The SMILES string of the molecule is N[C@@H]1[C@@H](O)[C@@H](O)[C@H](O)[C@@]1(CO)Cc1ccccc1. The van der Waals surface area contributed by atoms with Gasteiger partial charge in [-0.1, -0.05) is 30.3 Å². The molecule has 0 aromatic heterocycles. The first-order chi connectivity index (χ1) is 8.53. The van der Waals surface area contributed by atoms with E-state index in [1.165, 1.54) is 0 Å². The van der Waals surface area contributed by atoms with Crippen LogP contribution in [0.3, 0.4) is 0 Å². The first-order valence-corrected chi connectivity index (χ1v) is 5.97. The molecule has 100 valence electrons. The lowest BCUT2D eigenvalue weighted by atomic mass is 9.76. The summed E-state index contributed by atoms with van der Waals surface area (Å²) in [6.45, 7) is -0.391. The lowest BCUT2D eigenvalue weighted by Crippen LogP contribution is -2.51. The van der Waals surface area contributed by atoms with E-state index in [2.05, 4.69) is 0 Å². The van der Waals surface area contributed by atoms with Crippen LogP contribution >= 0.6 is 0 Å². The predicted molar refractivity (Wildman–Crippen MR) is 65.7 cm³/mol. The number of benzene rings is 1. The average molecular weight is 253 g/mol. The van der Waals surface area contributed by atoms with Gasteiger partial charge in [0.05, 0.1) is 18.8 Å². The highest BCUT2D eigenvalue weighted by Crippen LogP contribution is 2.40. The fraction of sp³-hybridized carbons (Fsp3) is 0.538. The molecule has 1 aliphatic rings. The van der Waals surface area contributed by atoms with Gasteiger partial charge in [0.2, 0.25) is 0 Å². The second-order valence-corrected chi connectivity index (χ2v) is 5.01. The monoisotopic (exact) mass is 253 g/mol.